The van der Waals surface area contributed by atoms with Gasteiger partial charge in [0.2, 0.25) is 15.9 Å². The molecule has 1 heterocycles. The Morgan fingerprint density at radius 1 is 0.919 bits per heavy atom. The second kappa shape index (κ2) is 10.4. The molecule has 0 saturated carbocycles. The van der Waals surface area contributed by atoms with Crippen molar-refractivity contribution in [3.8, 4) is 0 Å². The molecule has 0 unspecified atom stereocenters. The maximum Gasteiger partial charge on any atom is 0.254 e. The highest BCUT2D eigenvalue weighted by molar-refractivity contribution is 7.89. The van der Waals surface area contributed by atoms with Gasteiger partial charge in [-0.1, -0.05) is 30.3 Å². The molecular weight excluding hydrogens is 493 g/mol. The SMILES string of the molecule is CC(C)(C)NS(=O)(=O)c1ccc(NC(=O)[C@@H]2C[C@@H](c3ccccc3)CN2C(=O)c2ccc(F)cc2)cc1. The Hall–Kier alpha value is -3.56. The monoisotopic (exact) mass is 523 g/mol. The zero-order valence-electron chi connectivity index (χ0n) is 20.9. The minimum atomic E-state index is -3.71. The molecule has 3 aromatic carbocycles. The number of hydrogen-bond donors (Lipinski definition) is 2. The molecule has 37 heavy (non-hydrogen) atoms. The van der Waals surface area contributed by atoms with Gasteiger partial charge in [-0.2, -0.15) is 0 Å². The van der Waals surface area contributed by atoms with Crippen molar-refractivity contribution in [3.05, 3.63) is 95.8 Å². The first-order valence-corrected chi connectivity index (χ1v) is 13.5. The Kier molecular flexibility index (Phi) is 7.47. The van der Waals surface area contributed by atoms with E-state index in [9.17, 15) is 22.4 Å². The van der Waals surface area contributed by atoms with Gasteiger partial charge in [0.1, 0.15) is 11.9 Å². The van der Waals surface area contributed by atoms with E-state index < -0.39 is 27.4 Å². The molecule has 2 amide bonds. The molecule has 194 valence electrons. The zero-order valence-corrected chi connectivity index (χ0v) is 21.8. The molecular formula is C28H30FN3O4S. The summed E-state index contributed by atoms with van der Waals surface area (Å²) in [7, 11) is -3.71. The number of anilines is 1. The van der Waals surface area contributed by atoms with Crippen molar-refractivity contribution in [1.29, 1.82) is 0 Å². The number of amides is 2. The smallest absolute Gasteiger partial charge is 0.254 e. The van der Waals surface area contributed by atoms with Crippen LogP contribution in [0.1, 0.15) is 49.0 Å². The van der Waals surface area contributed by atoms with Gasteiger partial charge < -0.3 is 10.2 Å². The molecule has 0 aliphatic carbocycles. The van der Waals surface area contributed by atoms with Gasteiger partial charge in [0.05, 0.1) is 4.90 Å². The molecule has 9 heteroatoms. The summed E-state index contributed by atoms with van der Waals surface area (Å²) in [5.41, 5.74) is 1.10. The fourth-order valence-corrected chi connectivity index (χ4v) is 5.86. The summed E-state index contributed by atoms with van der Waals surface area (Å²) in [6, 6.07) is 20.1. The summed E-state index contributed by atoms with van der Waals surface area (Å²) in [6.07, 6.45) is 0.421. The van der Waals surface area contributed by atoms with Gasteiger partial charge in [0, 0.05) is 29.3 Å². The third-order valence-electron chi connectivity index (χ3n) is 6.10. The van der Waals surface area contributed by atoms with Gasteiger partial charge in [0.25, 0.3) is 5.91 Å². The van der Waals surface area contributed by atoms with Crippen molar-refractivity contribution in [1.82, 2.24) is 9.62 Å². The van der Waals surface area contributed by atoms with E-state index in [0.717, 1.165) is 5.56 Å². The van der Waals surface area contributed by atoms with Crippen LogP contribution in [-0.4, -0.2) is 43.3 Å². The Labute approximate surface area is 216 Å². The van der Waals surface area contributed by atoms with Crippen molar-refractivity contribution in [2.45, 2.75) is 49.6 Å². The van der Waals surface area contributed by atoms with Crippen LogP contribution in [0.3, 0.4) is 0 Å². The van der Waals surface area contributed by atoms with Gasteiger partial charge in [-0.05, 0) is 81.3 Å². The van der Waals surface area contributed by atoms with E-state index in [1.807, 2.05) is 30.3 Å². The number of hydrogen-bond acceptors (Lipinski definition) is 4. The summed E-state index contributed by atoms with van der Waals surface area (Å²) in [5, 5.41) is 2.82. The molecule has 1 aliphatic heterocycles. The lowest BCUT2D eigenvalue weighted by molar-refractivity contribution is -0.119. The number of likely N-dealkylation sites (tertiary alicyclic amines) is 1. The molecule has 2 atom stereocenters. The highest BCUT2D eigenvalue weighted by atomic mass is 32.2. The highest BCUT2D eigenvalue weighted by Gasteiger charge is 2.40. The molecule has 7 nitrogen and oxygen atoms in total. The molecule has 2 N–H and O–H groups in total. The maximum absolute atomic E-state index is 13.4. The van der Waals surface area contributed by atoms with Crippen molar-refractivity contribution < 1.29 is 22.4 Å². The van der Waals surface area contributed by atoms with Crippen LogP contribution in [0, 0.1) is 5.82 Å². The summed E-state index contributed by atoms with van der Waals surface area (Å²) >= 11 is 0. The van der Waals surface area contributed by atoms with Crippen molar-refractivity contribution in [2.75, 3.05) is 11.9 Å². The number of nitrogens with one attached hydrogen (secondary N) is 2. The second-order valence-electron chi connectivity index (χ2n) is 10.2. The van der Waals surface area contributed by atoms with Crippen molar-refractivity contribution in [3.63, 3.8) is 0 Å². The van der Waals surface area contributed by atoms with Crippen LogP contribution in [0.4, 0.5) is 10.1 Å². The third-order valence-corrected chi connectivity index (χ3v) is 7.87. The topological polar surface area (TPSA) is 95.6 Å². The average molecular weight is 524 g/mol. The van der Waals surface area contributed by atoms with Crippen LogP contribution in [0.5, 0.6) is 0 Å². The normalized spacial score (nSPS) is 18.0. The molecule has 4 rings (SSSR count). The lowest BCUT2D eigenvalue weighted by atomic mass is 9.96. The number of benzene rings is 3. The minimum Gasteiger partial charge on any atom is -0.326 e. The van der Waals surface area contributed by atoms with E-state index in [1.54, 1.807) is 20.8 Å². The summed E-state index contributed by atoms with van der Waals surface area (Å²) < 4.78 is 41.1. The van der Waals surface area contributed by atoms with Crippen molar-refractivity contribution >= 4 is 27.5 Å². The van der Waals surface area contributed by atoms with Crippen molar-refractivity contribution in [2.24, 2.45) is 0 Å². The van der Waals surface area contributed by atoms with E-state index in [1.165, 1.54) is 53.4 Å². The molecule has 1 aliphatic rings. The number of halogens is 1. The van der Waals surface area contributed by atoms with Crippen LogP contribution in [0.25, 0.3) is 0 Å². The fraction of sp³-hybridized carbons (Fsp3) is 0.286. The Morgan fingerprint density at radius 2 is 1.54 bits per heavy atom. The third kappa shape index (κ3) is 6.42. The molecule has 0 radical (unpaired) electrons. The van der Waals surface area contributed by atoms with Gasteiger partial charge in [-0.25, -0.2) is 17.5 Å². The van der Waals surface area contributed by atoms with Crippen LogP contribution in [0.15, 0.2) is 83.8 Å². The predicted molar refractivity (Wildman–Crippen MR) is 140 cm³/mol. The molecule has 0 aromatic heterocycles. The summed E-state index contributed by atoms with van der Waals surface area (Å²) in [5.74, 6) is -1.22. The fourth-order valence-electron chi connectivity index (χ4n) is 4.44. The first-order valence-electron chi connectivity index (χ1n) is 12.0. The Balaban J connectivity index is 1.55. The molecule has 0 bridgehead atoms. The van der Waals surface area contributed by atoms with Crippen LogP contribution in [0.2, 0.25) is 0 Å². The van der Waals surface area contributed by atoms with Crippen LogP contribution >= 0.6 is 0 Å². The first-order chi connectivity index (χ1) is 17.4. The quantitative estimate of drug-likeness (QED) is 0.496. The molecule has 1 fully saturated rings. The van der Waals surface area contributed by atoms with Gasteiger partial charge >= 0.3 is 0 Å². The predicted octanol–water partition coefficient (Wildman–Crippen LogP) is 4.54. The summed E-state index contributed by atoms with van der Waals surface area (Å²) in [4.78, 5) is 28.3. The minimum absolute atomic E-state index is 0.0441. The Morgan fingerprint density at radius 3 is 2.14 bits per heavy atom. The molecule has 1 saturated heterocycles. The average Bonchev–Trinajstić information content (AvgIpc) is 3.29. The van der Waals surface area contributed by atoms with Gasteiger partial charge in [0.15, 0.2) is 0 Å². The lowest BCUT2D eigenvalue weighted by Gasteiger charge is -2.24. The number of nitrogens with zero attached hydrogens (tertiary/aromatic N) is 1. The van der Waals surface area contributed by atoms with E-state index in [0.29, 0.717) is 24.2 Å². The van der Waals surface area contributed by atoms with Crippen LogP contribution in [-0.2, 0) is 14.8 Å². The largest absolute Gasteiger partial charge is 0.326 e. The maximum atomic E-state index is 13.4. The number of sulfonamides is 1. The second-order valence-corrected chi connectivity index (χ2v) is 11.9. The number of carbonyl (C=O) groups excluding carboxylic acids is 2. The van der Waals surface area contributed by atoms with E-state index in [-0.39, 0.29) is 22.6 Å². The number of carbonyl (C=O) groups is 2. The standard InChI is InChI=1S/C28H30FN3O4S/c1-28(2,3)31-37(35,36)24-15-13-23(14-16-24)30-26(33)25-17-21(19-7-5-4-6-8-19)18-32(25)27(34)20-9-11-22(29)12-10-20/h4-16,21,25,31H,17-18H2,1-3H3,(H,30,33)/t21-,25+/m1/s1. The van der Waals surface area contributed by atoms with E-state index in [2.05, 4.69) is 10.0 Å². The van der Waals surface area contributed by atoms with Gasteiger partial charge in [-0.3, -0.25) is 9.59 Å². The molecule has 0 spiro atoms. The number of rotatable bonds is 6. The van der Waals surface area contributed by atoms with Crippen LogP contribution < -0.4 is 10.0 Å². The zero-order chi connectivity index (χ0) is 26.8. The highest BCUT2D eigenvalue weighted by Crippen LogP contribution is 2.33. The molecule has 3 aromatic rings. The van der Waals surface area contributed by atoms with E-state index in [4.69, 9.17) is 0 Å². The Bertz CT molecular complexity index is 1370. The van der Waals surface area contributed by atoms with E-state index >= 15 is 0 Å². The lowest BCUT2D eigenvalue weighted by Crippen LogP contribution is -2.43. The first kappa shape index (κ1) is 26.5. The van der Waals surface area contributed by atoms with Gasteiger partial charge in [-0.15, -0.1) is 0 Å². The summed E-state index contributed by atoms with van der Waals surface area (Å²) in [6.45, 7) is 5.60.